The average molecular weight is 288 g/mol. The second kappa shape index (κ2) is 6.43. The van der Waals surface area contributed by atoms with Crippen molar-refractivity contribution in [1.82, 2.24) is 14.8 Å². The van der Waals surface area contributed by atoms with Crippen molar-refractivity contribution < 1.29 is 4.79 Å². The number of carbonyl (C=O) groups is 1. The fourth-order valence-corrected chi connectivity index (χ4v) is 3.24. The van der Waals surface area contributed by atoms with Crippen LogP contribution in [0.1, 0.15) is 36.7 Å². The van der Waals surface area contributed by atoms with Crippen LogP contribution >= 0.6 is 0 Å². The highest BCUT2D eigenvalue weighted by Crippen LogP contribution is 2.22. The Morgan fingerprint density at radius 1 is 1.38 bits per heavy atom. The second-order valence-electron chi connectivity index (χ2n) is 5.92. The van der Waals surface area contributed by atoms with Crippen LogP contribution in [0.3, 0.4) is 0 Å². The Kier molecular flexibility index (Phi) is 4.39. The summed E-state index contributed by atoms with van der Waals surface area (Å²) in [4.78, 5) is 21.6. The van der Waals surface area contributed by atoms with E-state index in [4.69, 9.17) is 0 Å². The minimum atomic E-state index is 0.0710. The molecule has 0 saturated carbocycles. The summed E-state index contributed by atoms with van der Waals surface area (Å²) in [5.41, 5.74) is 0.558. The molecule has 21 heavy (non-hydrogen) atoms. The van der Waals surface area contributed by atoms with Crippen molar-refractivity contribution in [3.63, 3.8) is 0 Å². The molecule has 3 heterocycles. The van der Waals surface area contributed by atoms with E-state index in [-0.39, 0.29) is 5.91 Å². The van der Waals surface area contributed by atoms with Crippen LogP contribution in [0.15, 0.2) is 18.2 Å². The van der Waals surface area contributed by atoms with Gasteiger partial charge in [0.25, 0.3) is 5.91 Å². The van der Waals surface area contributed by atoms with Crippen molar-refractivity contribution >= 4 is 11.7 Å². The zero-order valence-corrected chi connectivity index (χ0v) is 12.7. The highest BCUT2D eigenvalue weighted by Gasteiger charge is 2.33. The minimum Gasteiger partial charge on any atom is -0.370 e. The molecule has 5 nitrogen and oxygen atoms in total. The number of nitrogens with zero attached hydrogens (tertiary/aromatic N) is 3. The van der Waals surface area contributed by atoms with Gasteiger partial charge in [0.2, 0.25) is 0 Å². The molecular weight excluding hydrogens is 264 g/mol. The molecule has 0 aromatic carbocycles. The molecule has 2 saturated heterocycles. The lowest BCUT2D eigenvalue weighted by molar-refractivity contribution is 0.0566. The van der Waals surface area contributed by atoms with Gasteiger partial charge >= 0.3 is 0 Å². The SMILES string of the molecule is CCCNc1cccc(C(=O)N2CCN3CCCC3C2)n1. The summed E-state index contributed by atoms with van der Waals surface area (Å²) in [5.74, 6) is 0.865. The van der Waals surface area contributed by atoms with E-state index >= 15 is 0 Å². The highest BCUT2D eigenvalue weighted by molar-refractivity contribution is 5.92. The summed E-state index contributed by atoms with van der Waals surface area (Å²) >= 11 is 0. The molecule has 114 valence electrons. The van der Waals surface area contributed by atoms with Gasteiger partial charge in [0.05, 0.1) is 0 Å². The number of carbonyl (C=O) groups excluding carboxylic acids is 1. The smallest absolute Gasteiger partial charge is 0.272 e. The van der Waals surface area contributed by atoms with Crippen molar-refractivity contribution in [3.05, 3.63) is 23.9 Å². The molecule has 0 spiro atoms. The van der Waals surface area contributed by atoms with Gasteiger partial charge in [0.15, 0.2) is 0 Å². The topological polar surface area (TPSA) is 48.5 Å². The van der Waals surface area contributed by atoms with Crippen molar-refractivity contribution in [2.24, 2.45) is 0 Å². The number of fused-ring (bicyclic) bond motifs is 1. The Hall–Kier alpha value is -1.62. The summed E-state index contributed by atoms with van der Waals surface area (Å²) in [7, 11) is 0. The van der Waals surface area contributed by atoms with E-state index in [2.05, 4.69) is 22.1 Å². The van der Waals surface area contributed by atoms with E-state index in [1.807, 2.05) is 23.1 Å². The lowest BCUT2D eigenvalue weighted by Gasteiger charge is -2.37. The Balaban J connectivity index is 1.67. The van der Waals surface area contributed by atoms with Crippen molar-refractivity contribution in [1.29, 1.82) is 0 Å². The first kappa shape index (κ1) is 14.3. The van der Waals surface area contributed by atoms with Crippen LogP contribution in [0.25, 0.3) is 0 Å². The number of anilines is 1. The number of pyridine rings is 1. The number of amides is 1. The maximum Gasteiger partial charge on any atom is 0.272 e. The first-order valence-corrected chi connectivity index (χ1v) is 8.02. The van der Waals surface area contributed by atoms with E-state index in [9.17, 15) is 4.79 Å². The number of nitrogens with one attached hydrogen (secondary N) is 1. The number of piperazine rings is 1. The number of rotatable bonds is 4. The molecule has 1 atom stereocenters. The number of hydrogen-bond donors (Lipinski definition) is 1. The van der Waals surface area contributed by atoms with Gasteiger partial charge in [0.1, 0.15) is 11.5 Å². The van der Waals surface area contributed by atoms with Crippen molar-refractivity contribution in [2.75, 3.05) is 38.0 Å². The molecule has 1 N–H and O–H groups in total. The first-order valence-electron chi connectivity index (χ1n) is 8.02. The van der Waals surface area contributed by atoms with E-state index in [0.29, 0.717) is 11.7 Å². The predicted molar refractivity (Wildman–Crippen MR) is 83.5 cm³/mol. The zero-order chi connectivity index (χ0) is 14.7. The van der Waals surface area contributed by atoms with Gasteiger partial charge < -0.3 is 10.2 Å². The molecule has 0 aliphatic carbocycles. The Morgan fingerprint density at radius 2 is 2.29 bits per heavy atom. The third kappa shape index (κ3) is 3.18. The standard InChI is InChI=1S/C16H24N4O/c1-2-8-17-15-7-3-6-14(18-15)16(21)20-11-10-19-9-4-5-13(19)12-20/h3,6-7,13H,2,4-5,8-12H2,1H3,(H,17,18). The van der Waals surface area contributed by atoms with Gasteiger partial charge in [-0.1, -0.05) is 13.0 Å². The maximum atomic E-state index is 12.6. The fraction of sp³-hybridized carbons (Fsp3) is 0.625. The van der Waals surface area contributed by atoms with Gasteiger partial charge in [-0.15, -0.1) is 0 Å². The number of aromatic nitrogens is 1. The molecule has 2 aliphatic heterocycles. The molecule has 2 aliphatic rings. The molecular formula is C16H24N4O. The molecule has 1 amide bonds. The summed E-state index contributed by atoms with van der Waals surface area (Å²) in [5, 5.41) is 3.24. The van der Waals surface area contributed by atoms with Crippen LogP contribution in [0.4, 0.5) is 5.82 Å². The Morgan fingerprint density at radius 3 is 3.14 bits per heavy atom. The van der Waals surface area contributed by atoms with Crippen LogP contribution in [-0.2, 0) is 0 Å². The summed E-state index contributed by atoms with van der Waals surface area (Å²) in [6, 6.07) is 6.20. The average Bonchev–Trinajstić information content (AvgIpc) is 3.00. The van der Waals surface area contributed by atoms with Gasteiger partial charge in [-0.3, -0.25) is 9.69 Å². The van der Waals surface area contributed by atoms with Gasteiger partial charge in [-0.25, -0.2) is 4.98 Å². The zero-order valence-electron chi connectivity index (χ0n) is 12.7. The normalized spacial score (nSPS) is 22.1. The van der Waals surface area contributed by atoms with Crippen LogP contribution in [0.2, 0.25) is 0 Å². The van der Waals surface area contributed by atoms with E-state index in [1.54, 1.807) is 0 Å². The molecule has 3 rings (SSSR count). The van der Waals surface area contributed by atoms with Crippen LogP contribution < -0.4 is 5.32 Å². The highest BCUT2D eigenvalue weighted by atomic mass is 16.2. The Labute approximate surface area is 126 Å². The molecule has 1 aromatic rings. The van der Waals surface area contributed by atoms with Gasteiger partial charge in [-0.2, -0.15) is 0 Å². The molecule has 2 fully saturated rings. The molecule has 1 aromatic heterocycles. The fourth-order valence-electron chi connectivity index (χ4n) is 3.24. The summed E-state index contributed by atoms with van der Waals surface area (Å²) < 4.78 is 0. The van der Waals surface area contributed by atoms with E-state index < -0.39 is 0 Å². The first-order chi connectivity index (χ1) is 10.3. The molecule has 0 radical (unpaired) electrons. The van der Waals surface area contributed by atoms with Crippen molar-refractivity contribution in [3.8, 4) is 0 Å². The Bertz CT molecular complexity index is 505. The summed E-state index contributed by atoms with van der Waals surface area (Å²) in [6.07, 6.45) is 3.53. The third-order valence-electron chi connectivity index (χ3n) is 4.40. The summed E-state index contributed by atoms with van der Waals surface area (Å²) in [6.45, 7) is 6.87. The second-order valence-corrected chi connectivity index (χ2v) is 5.92. The lowest BCUT2D eigenvalue weighted by Crippen LogP contribution is -2.52. The molecule has 1 unspecified atom stereocenters. The van der Waals surface area contributed by atoms with Crippen LogP contribution in [0, 0.1) is 0 Å². The quantitative estimate of drug-likeness (QED) is 0.918. The lowest BCUT2D eigenvalue weighted by atomic mass is 10.1. The van der Waals surface area contributed by atoms with E-state index in [1.165, 1.54) is 19.4 Å². The van der Waals surface area contributed by atoms with Crippen LogP contribution in [0.5, 0.6) is 0 Å². The van der Waals surface area contributed by atoms with Crippen LogP contribution in [-0.4, -0.2) is 59.5 Å². The van der Waals surface area contributed by atoms with Gasteiger partial charge in [0, 0.05) is 32.2 Å². The predicted octanol–water partition coefficient (Wildman–Crippen LogP) is 1.82. The molecule has 0 bridgehead atoms. The largest absolute Gasteiger partial charge is 0.370 e. The van der Waals surface area contributed by atoms with Crippen molar-refractivity contribution in [2.45, 2.75) is 32.2 Å². The van der Waals surface area contributed by atoms with E-state index in [0.717, 1.165) is 38.4 Å². The third-order valence-corrected chi connectivity index (χ3v) is 4.40. The maximum absolute atomic E-state index is 12.6. The molecule has 5 heteroatoms. The van der Waals surface area contributed by atoms with Gasteiger partial charge in [-0.05, 0) is 37.9 Å². The number of hydrogen-bond acceptors (Lipinski definition) is 4. The minimum absolute atomic E-state index is 0.0710. The monoisotopic (exact) mass is 288 g/mol.